The molecule has 1 aromatic rings. The van der Waals surface area contributed by atoms with Gasteiger partial charge in [-0.1, -0.05) is 17.8 Å². The summed E-state index contributed by atoms with van der Waals surface area (Å²) in [7, 11) is 2.10. The maximum atomic E-state index is 8.94. The van der Waals surface area contributed by atoms with E-state index in [2.05, 4.69) is 37.1 Å². The summed E-state index contributed by atoms with van der Waals surface area (Å²) in [5, 5.41) is 9.34. The van der Waals surface area contributed by atoms with Crippen molar-refractivity contribution in [3.8, 4) is 0 Å². The highest BCUT2D eigenvalue weighted by Crippen LogP contribution is 2.43. The van der Waals surface area contributed by atoms with Crippen LogP contribution in [0.1, 0.15) is 12.0 Å². The number of anilines is 1. The van der Waals surface area contributed by atoms with Crippen LogP contribution in [-0.2, 0) is 0 Å². The molecule has 1 N–H and O–H groups in total. The van der Waals surface area contributed by atoms with Gasteiger partial charge in [-0.2, -0.15) is 0 Å². The summed E-state index contributed by atoms with van der Waals surface area (Å²) < 4.78 is 0. The average Bonchev–Trinajstić information content (AvgIpc) is 2.46. The maximum Gasteiger partial charge on any atom is 0.0816 e. The Labute approximate surface area is 88.9 Å². The third-order valence-corrected chi connectivity index (χ3v) is 3.99. The number of aliphatic hydroxyl groups excluding tert-OH is 1. The van der Waals surface area contributed by atoms with Crippen molar-refractivity contribution in [2.75, 3.05) is 18.6 Å². The average molecular weight is 209 g/mol. The lowest BCUT2D eigenvalue weighted by Gasteiger charge is -2.20. The Morgan fingerprint density at radius 3 is 3.00 bits per heavy atom. The summed E-state index contributed by atoms with van der Waals surface area (Å²) in [5.41, 5.74) is 2.59. The number of nitrogens with zero attached hydrogens (tertiary/aromatic N) is 1. The molecule has 1 aliphatic rings. The van der Waals surface area contributed by atoms with Gasteiger partial charge >= 0.3 is 0 Å². The first-order valence-corrected chi connectivity index (χ1v) is 5.71. The van der Waals surface area contributed by atoms with E-state index in [1.165, 1.54) is 16.1 Å². The molecule has 1 aromatic carbocycles. The van der Waals surface area contributed by atoms with Gasteiger partial charge in [-0.25, -0.2) is 0 Å². The van der Waals surface area contributed by atoms with Gasteiger partial charge in [0, 0.05) is 25.0 Å². The van der Waals surface area contributed by atoms with Crippen molar-refractivity contribution < 1.29 is 5.11 Å². The lowest BCUT2D eigenvalue weighted by atomic mass is 10.2. The van der Waals surface area contributed by atoms with Crippen LogP contribution in [0.5, 0.6) is 0 Å². The zero-order valence-electron chi connectivity index (χ0n) is 8.53. The lowest BCUT2D eigenvalue weighted by Crippen LogP contribution is -2.25. The van der Waals surface area contributed by atoms with Gasteiger partial charge in [0.2, 0.25) is 0 Å². The van der Waals surface area contributed by atoms with Crippen LogP contribution in [0.25, 0.3) is 0 Å². The Kier molecular flexibility index (Phi) is 2.70. The van der Waals surface area contributed by atoms with Crippen LogP contribution in [0.15, 0.2) is 23.1 Å². The summed E-state index contributed by atoms with van der Waals surface area (Å²) in [6.45, 7) is 2.37. The Hall–Kier alpha value is -0.670. The van der Waals surface area contributed by atoms with E-state index in [4.69, 9.17) is 5.11 Å². The molecule has 0 spiro atoms. The molecule has 3 heteroatoms. The molecular weight excluding hydrogens is 194 g/mol. The minimum atomic E-state index is 0.259. The largest absolute Gasteiger partial charge is 0.396 e. The molecule has 0 saturated heterocycles. The zero-order valence-corrected chi connectivity index (χ0v) is 9.34. The molecule has 1 heterocycles. The number of rotatable bonds is 2. The van der Waals surface area contributed by atoms with E-state index in [0.29, 0.717) is 5.37 Å². The molecule has 1 unspecified atom stereocenters. The SMILES string of the molecule is Cc1ccc2c(c1)N(C)C(CCO)S2. The summed E-state index contributed by atoms with van der Waals surface area (Å²) in [6.07, 6.45) is 0.828. The molecule has 0 amide bonds. The molecule has 1 aliphatic heterocycles. The summed E-state index contributed by atoms with van der Waals surface area (Å²) in [5.74, 6) is 0. The summed E-state index contributed by atoms with van der Waals surface area (Å²) >= 11 is 1.84. The molecule has 0 aliphatic carbocycles. The first-order valence-electron chi connectivity index (χ1n) is 4.83. The number of thioether (sulfide) groups is 1. The minimum Gasteiger partial charge on any atom is -0.396 e. The van der Waals surface area contributed by atoms with E-state index in [-0.39, 0.29) is 6.61 Å². The number of aliphatic hydroxyl groups is 1. The van der Waals surface area contributed by atoms with Gasteiger partial charge in [0.15, 0.2) is 0 Å². The van der Waals surface area contributed by atoms with Crippen LogP contribution in [0.4, 0.5) is 5.69 Å². The molecule has 0 aromatic heterocycles. The summed E-state index contributed by atoms with van der Waals surface area (Å²) in [4.78, 5) is 3.58. The van der Waals surface area contributed by atoms with Crippen LogP contribution in [0.3, 0.4) is 0 Å². The van der Waals surface area contributed by atoms with Gasteiger partial charge in [0.05, 0.1) is 11.1 Å². The lowest BCUT2D eigenvalue weighted by molar-refractivity contribution is 0.287. The Bertz CT molecular complexity index is 340. The fraction of sp³-hybridized carbons (Fsp3) is 0.455. The highest BCUT2D eigenvalue weighted by Gasteiger charge is 2.26. The highest BCUT2D eigenvalue weighted by atomic mass is 32.2. The molecule has 76 valence electrons. The van der Waals surface area contributed by atoms with Crippen molar-refractivity contribution in [3.63, 3.8) is 0 Å². The predicted molar refractivity (Wildman–Crippen MR) is 60.9 cm³/mol. The number of fused-ring (bicyclic) bond motifs is 1. The first kappa shape index (κ1) is 9.87. The zero-order chi connectivity index (χ0) is 10.1. The van der Waals surface area contributed by atoms with Crippen molar-refractivity contribution in [2.45, 2.75) is 23.6 Å². The van der Waals surface area contributed by atoms with Crippen LogP contribution in [0, 0.1) is 6.92 Å². The van der Waals surface area contributed by atoms with E-state index in [1.54, 1.807) is 0 Å². The van der Waals surface area contributed by atoms with E-state index < -0.39 is 0 Å². The van der Waals surface area contributed by atoms with Crippen molar-refractivity contribution in [3.05, 3.63) is 23.8 Å². The van der Waals surface area contributed by atoms with Crippen LogP contribution >= 0.6 is 11.8 Å². The first-order chi connectivity index (χ1) is 6.72. The number of hydrogen-bond donors (Lipinski definition) is 1. The Morgan fingerprint density at radius 1 is 1.50 bits per heavy atom. The minimum absolute atomic E-state index is 0.259. The fourth-order valence-corrected chi connectivity index (χ4v) is 3.00. The van der Waals surface area contributed by atoms with Crippen LogP contribution in [-0.4, -0.2) is 24.1 Å². The second-order valence-electron chi connectivity index (χ2n) is 3.67. The van der Waals surface area contributed by atoms with Gasteiger partial charge in [-0.3, -0.25) is 0 Å². The maximum absolute atomic E-state index is 8.94. The molecule has 0 fully saturated rings. The van der Waals surface area contributed by atoms with E-state index in [9.17, 15) is 0 Å². The second kappa shape index (κ2) is 3.83. The molecule has 14 heavy (non-hydrogen) atoms. The van der Waals surface area contributed by atoms with Crippen LogP contribution < -0.4 is 4.90 Å². The van der Waals surface area contributed by atoms with Gasteiger partial charge < -0.3 is 10.0 Å². The van der Waals surface area contributed by atoms with E-state index in [1.807, 2.05) is 11.8 Å². The smallest absolute Gasteiger partial charge is 0.0816 e. The predicted octanol–water partition coefficient (Wildman–Crippen LogP) is 2.25. The molecule has 0 radical (unpaired) electrons. The molecular formula is C11H15NOS. The van der Waals surface area contributed by atoms with E-state index in [0.717, 1.165) is 6.42 Å². The molecule has 2 nitrogen and oxygen atoms in total. The monoisotopic (exact) mass is 209 g/mol. The van der Waals surface area contributed by atoms with Gasteiger partial charge in [-0.05, 0) is 24.6 Å². The van der Waals surface area contributed by atoms with Gasteiger partial charge in [0.1, 0.15) is 0 Å². The third-order valence-electron chi connectivity index (χ3n) is 2.57. The normalized spacial score (nSPS) is 19.9. The van der Waals surface area contributed by atoms with Gasteiger partial charge in [0.25, 0.3) is 0 Å². The molecule has 0 bridgehead atoms. The van der Waals surface area contributed by atoms with Crippen molar-refractivity contribution in [1.82, 2.24) is 0 Å². The summed E-state index contributed by atoms with van der Waals surface area (Å²) in [6, 6.07) is 6.52. The van der Waals surface area contributed by atoms with E-state index >= 15 is 0 Å². The topological polar surface area (TPSA) is 23.5 Å². The molecule has 2 rings (SSSR count). The fourth-order valence-electron chi connectivity index (χ4n) is 1.75. The standard InChI is InChI=1S/C11H15NOS/c1-8-3-4-10-9(7-8)12(2)11(14-10)5-6-13/h3-4,7,11,13H,5-6H2,1-2H3. The quantitative estimate of drug-likeness (QED) is 0.808. The Balaban J connectivity index is 2.27. The number of aryl methyl sites for hydroxylation is 1. The second-order valence-corrected chi connectivity index (χ2v) is 4.89. The van der Waals surface area contributed by atoms with Crippen molar-refractivity contribution in [1.29, 1.82) is 0 Å². The highest BCUT2D eigenvalue weighted by molar-refractivity contribution is 8.00. The number of benzene rings is 1. The van der Waals surface area contributed by atoms with Crippen molar-refractivity contribution in [2.24, 2.45) is 0 Å². The van der Waals surface area contributed by atoms with Gasteiger partial charge in [-0.15, -0.1) is 0 Å². The molecule has 0 saturated carbocycles. The Morgan fingerprint density at radius 2 is 2.29 bits per heavy atom. The number of hydrogen-bond acceptors (Lipinski definition) is 3. The van der Waals surface area contributed by atoms with Crippen LogP contribution in [0.2, 0.25) is 0 Å². The molecule has 1 atom stereocenters. The van der Waals surface area contributed by atoms with Crippen molar-refractivity contribution >= 4 is 17.4 Å². The third kappa shape index (κ3) is 1.62.